The predicted octanol–water partition coefficient (Wildman–Crippen LogP) is 5.10. The van der Waals surface area contributed by atoms with E-state index in [2.05, 4.69) is 84.8 Å². The van der Waals surface area contributed by atoms with Crippen molar-refractivity contribution in [2.24, 2.45) is 0 Å². The van der Waals surface area contributed by atoms with Gasteiger partial charge >= 0.3 is 0 Å². The molecular weight excluding hydrogens is 272 g/mol. The van der Waals surface area contributed by atoms with Gasteiger partial charge in [0.2, 0.25) is 0 Å². The molecule has 0 atom stereocenters. The first kappa shape index (κ1) is 13.8. The molecule has 0 N–H and O–H groups in total. The lowest BCUT2D eigenvalue weighted by molar-refractivity contribution is 1.39. The molecule has 1 heteroatoms. The molecule has 0 nitrogen and oxygen atoms in total. The second-order valence-electron chi connectivity index (χ2n) is 4.87. The van der Waals surface area contributed by atoms with Crippen LogP contribution in [0.15, 0.2) is 66.7 Å². The van der Waals surface area contributed by atoms with Gasteiger partial charge in [-0.1, -0.05) is 66.4 Å². The lowest BCUT2D eigenvalue weighted by Crippen LogP contribution is -1.86. The zero-order chi connectivity index (χ0) is 14.5. The Labute approximate surface area is 130 Å². The van der Waals surface area contributed by atoms with Gasteiger partial charge in [0.25, 0.3) is 0 Å². The second kappa shape index (κ2) is 6.52. The van der Waals surface area contributed by atoms with Crippen LogP contribution >= 0.6 is 11.8 Å². The highest BCUT2D eigenvalue weighted by Crippen LogP contribution is 2.18. The van der Waals surface area contributed by atoms with Gasteiger partial charge in [0.1, 0.15) is 0 Å². The van der Waals surface area contributed by atoms with Crippen LogP contribution < -0.4 is 0 Å². The molecule has 0 heterocycles. The van der Waals surface area contributed by atoms with Gasteiger partial charge in [-0.25, -0.2) is 0 Å². The van der Waals surface area contributed by atoms with Crippen molar-refractivity contribution in [2.45, 2.75) is 5.75 Å². The van der Waals surface area contributed by atoms with Gasteiger partial charge in [0.05, 0.1) is 0 Å². The fourth-order valence-corrected chi connectivity index (χ4v) is 2.96. The molecule has 0 spiro atoms. The standard InChI is InChI=1S/C20H16S/c1-21-15-19-9-3-2-7-16(19)13-14-18-11-6-10-17-8-4-5-12-20(17)18/h2-12H,15H2,1H3. The third-order valence-corrected chi connectivity index (χ3v) is 4.04. The topological polar surface area (TPSA) is 0 Å². The molecule has 0 unspecified atom stereocenters. The fraction of sp³-hybridized carbons (Fsp3) is 0.100. The first-order valence-corrected chi connectivity index (χ1v) is 8.34. The Morgan fingerprint density at radius 2 is 1.43 bits per heavy atom. The first-order chi connectivity index (χ1) is 10.4. The van der Waals surface area contributed by atoms with Gasteiger partial charge in [0, 0.05) is 16.9 Å². The van der Waals surface area contributed by atoms with Crippen LogP contribution in [0.2, 0.25) is 0 Å². The van der Waals surface area contributed by atoms with E-state index < -0.39 is 0 Å². The van der Waals surface area contributed by atoms with E-state index in [0.29, 0.717) is 0 Å². The van der Waals surface area contributed by atoms with E-state index in [1.165, 1.54) is 16.3 Å². The predicted molar refractivity (Wildman–Crippen MR) is 93.6 cm³/mol. The summed E-state index contributed by atoms with van der Waals surface area (Å²) >= 11 is 1.83. The minimum absolute atomic E-state index is 1.00. The molecule has 3 aromatic rings. The van der Waals surface area contributed by atoms with E-state index in [-0.39, 0.29) is 0 Å². The summed E-state index contributed by atoms with van der Waals surface area (Å²) in [6, 6.07) is 23.1. The van der Waals surface area contributed by atoms with Crippen LogP contribution in [0.1, 0.15) is 16.7 Å². The van der Waals surface area contributed by atoms with Gasteiger partial charge in [-0.3, -0.25) is 0 Å². The Bertz CT molecular complexity index is 816. The summed E-state index contributed by atoms with van der Waals surface area (Å²) in [7, 11) is 0. The molecule has 21 heavy (non-hydrogen) atoms. The summed E-state index contributed by atoms with van der Waals surface area (Å²) in [4.78, 5) is 0. The number of fused-ring (bicyclic) bond motifs is 1. The second-order valence-corrected chi connectivity index (χ2v) is 5.73. The van der Waals surface area contributed by atoms with Crippen molar-refractivity contribution >= 4 is 22.5 Å². The van der Waals surface area contributed by atoms with Crippen LogP contribution in [0.25, 0.3) is 10.8 Å². The zero-order valence-electron chi connectivity index (χ0n) is 12.0. The maximum Gasteiger partial charge on any atom is 0.0327 e. The molecule has 0 bridgehead atoms. The van der Waals surface area contributed by atoms with Crippen molar-refractivity contribution in [3.8, 4) is 11.8 Å². The highest BCUT2D eigenvalue weighted by atomic mass is 32.2. The van der Waals surface area contributed by atoms with E-state index in [4.69, 9.17) is 0 Å². The Morgan fingerprint density at radius 3 is 2.33 bits per heavy atom. The molecule has 0 radical (unpaired) electrons. The molecule has 0 saturated carbocycles. The molecule has 3 aromatic carbocycles. The first-order valence-electron chi connectivity index (χ1n) is 6.95. The molecule has 0 aliphatic heterocycles. The average molecular weight is 288 g/mol. The summed E-state index contributed by atoms with van der Waals surface area (Å²) in [5, 5.41) is 2.46. The quantitative estimate of drug-likeness (QED) is 0.591. The summed E-state index contributed by atoms with van der Waals surface area (Å²) in [6.07, 6.45) is 2.12. The SMILES string of the molecule is CSCc1ccccc1C#Cc1cccc2ccccc12. The minimum Gasteiger partial charge on any atom is -0.161 e. The van der Waals surface area contributed by atoms with E-state index in [0.717, 1.165) is 16.9 Å². The fourth-order valence-electron chi connectivity index (χ4n) is 2.39. The maximum absolute atomic E-state index is 3.34. The van der Waals surface area contributed by atoms with Gasteiger partial charge in [0.15, 0.2) is 0 Å². The van der Waals surface area contributed by atoms with Crippen molar-refractivity contribution in [2.75, 3.05) is 6.26 Å². The van der Waals surface area contributed by atoms with Crippen molar-refractivity contribution in [3.05, 3.63) is 83.4 Å². The number of hydrogen-bond donors (Lipinski definition) is 0. The highest BCUT2D eigenvalue weighted by Gasteiger charge is 1.99. The molecule has 0 aromatic heterocycles. The Hall–Kier alpha value is -2.17. The molecule has 0 fully saturated rings. The van der Waals surface area contributed by atoms with Gasteiger partial charge in [-0.05, 0) is 34.7 Å². The van der Waals surface area contributed by atoms with Crippen LogP contribution in [0.5, 0.6) is 0 Å². The smallest absolute Gasteiger partial charge is 0.0327 e. The summed E-state index contributed by atoms with van der Waals surface area (Å²) < 4.78 is 0. The summed E-state index contributed by atoms with van der Waals surface area (Å²) in [5.41, 5.74) is 3.52. The van der Waals surface area contributed by atoms with Crippen LogP contribution in [0.3, 0.4) is 0 Å². The average Bonchev–Trinajstić information content (AvgIpc) is 2.54. The monoisotopic (exact) mass is 288 g/mol. The van der Waals surface area contributed by atoms with Crippen LogP contribution in [-0.2, 0) is 5.75 Å². The molecule has 0 aliphatic carbocycles. The van der Waals surface area contributed by atoms with Crippen LogP contribution in [-0.4, -0.2) is 6.26 Å². The van der Waals surface area contributed by atoms with Crippen molar-refractivity contribution < 1.29 is 0 Å². The van der Waals surface area contributed by atoms with Gasteiger partial charge in [-0.2, -0.15) is 11.8 Å². The lowest BCUT2D eigenvalue weighted by Gasteiger charge is -2.02. The molecular formula is C20H16S. The Morgan fingerprint density at radius 1 is 0.762 bits per heavy atom. The molecule has 102 valence electrons. The molecule has 0 saturated heterocycles. The summed E-state index contributed by atoms with van der Waals surface area (Å²) in [6.45, 7) is 0. The van der Waals surface area contributed by atoms with Gasteiger partial charge < -0.3 is 0 Å². The zero-order valence-corrected chi connectivity index (χ0v) is 12.8. The van der Waals surface area contributed by atoms with Crippen molar-refractivity contribution in [1.29, 1.82) is 0 Å². The number of benzene rings is 3. The largest absolute Gasteiger partial charge is 0.161 e. The van der Waals surface area contributed by atoms with E-state index in [1.807, 2.05) is 11.8 Å². The van der Waals surface area contributed by atoms with Crippen molar-refractivity contribution in [3.63, 3.8) is 0 Å². The van der Waals surface area contributed by atoms with E-state index in [9.17, 15) is 0 Å². The lowest BCUT2D eigenvalue weighted by atomic mass is 10.0. The number of hydrogen-bond acceptors (Lipinski definition) is 1. The normalized spacial score (nSPS) is 10.1. The highest BCUT2D eigenvalue weighted by molar-refractivity contribution is 7.97. The Kier molecular flexibility index (Phi) is 4.28. The van der Waals surface area contributed by atoms with E-state index >= 15 is 0 Å². The van der Waals surface area contributed by atoms with E-state index in [1.54, 1.807) is 0 Å². The van der Waals surface area contributed by atoms with Crippen LogP contribution in [0, 0.1) is 11.8 Å². The maximum atomic E-state index is 3.34. The Balaban J connectivity index is 2.04. The number of thioether (sulfide) groups is 1. The molecule has 0 aliphatic rings. The van der Waals surface area contributed by atoms with Crippen molar-refractivity contribution in [1.82, 2.24) is 0 Å². The number of rotatable bonds is 2. The summed E-state index contributed by atoms with van der Waals surface area (Å²) in [5.74, 6) is 7.69. The molecule has 0 amide bonds. The third kappa shape index (κ3) is 3.12. The van der Waals surface area contributed by atoms with Gasteiger partial charge in [-0.15, -0.1) is 0 Å². The minimum atomic E-state index is 1.00. The third-order valence-electron chi connectivity index (χ3n) is 3.44. The van der Waals surface area contributed by atoms with Crippen LogP contribution in [0.4, 0.5) is 0 Å². The molecule has 3 rings (SSSR count).